The highest BCUT2D eigenvalue weighted by Crippen LogP contribution is 2.27. The number of halogens is 1. The number of benzene rings is 3. The summed E-state index contributed by atoms with van der Waals surface area (Å²) in [5.74, 6) is -1.16. The molecule has 3 aromatic carbocycles. The molecular weight excluding hydrogens is 469 g/mol. The average Bonchev–Trinajstić information content (AvgIpc) is 3.22. The number of fused-ring (bicyclic) bond motifs is 1. The first-order chi connectivity index (χ1) is 16.8. The van der Waals surface area contributed by atoms with Crippen LogP contribution in [-0.2, 0) is 32.5 Å². The normalized spacial score (nSPS) is 18.3. The van der Waals surface area contributed by atoms with Crippen LogP contribution in [-0.4, -0.2) is 36.3 Å². The fourth-order valence-electron chi connectivity index (χ4n) is 4.33. The van der Waals surface area contributed by atoms with Gasteiger partial charge >= 0.3 is 0 Å². The Balaban J connectivity index is 1.42. The lowest BCUT2D eigenvalue weighted by molar-refractivity contribution is -0.136. The van der Waals surface area contributed by atoms with E-state index in [2.05, 4.69) is 10.6 Å². The summed E-state index contributed by atoms with van der Waals surface area (Å²) in [7, 11) is -4.01. The van der Waals surface area contributed by atoms with Crippen LogP contribution >= 0.6 is 0 Å². The highest BCUT2D eigenvalue weighted by molar-refractivity contribution is 7.90. The second kappa shape index (κ2) is 8.99. The predicted molar refractivity (Wildman–Crippen MR) is 129 cm³/mol. The predicted octanol–water partition coefficient (Wildman–Crippen LogP) is 2.79. The van der Waals surface area contributed by atoms with Crippen LogP contribution in [0.1, 0.15) is 11.1 Å². The summed E-state index contributed by atoms with van der Waals surface area (Å²) < 4.78 is 41.0. The van der Waals surface area contributed by atoms with Crippen LogP contribution in [0.2, 0.25) is 0 Å². The molecule has 0 unspecified atom stereocenters. The van der Waals surface area contributed by atoms with Crippen molar-refractivity contribution in [3.8, 4) is 0 Å². The van der Waals surface area contributed by atoms with E-state index in [9.17, 15) is 22.4 Å². The lowest BCUT2D eigenvalue weighted by atomic mass is 9.98. The lowest BCUT2D eigenvalue weighted by Gasteiger charge is -2.29. The molecule has 0 aliphatic carbocycles. The number of carbonyl (C=O) groups is 2. The zero-order valence-corrected chi connectivity index (χ0v) is 19.3. The quantitative estimate of drug-likeness (QED) is 0.434. The molecule has 1 aliphatic heterocycles. The molecule has 2 amide bonds. The van der Waals surface area contributed by atoms with Crippen molar-refractivity contribution in [2.24, 2.45) is 0 Å². The van der Waals surface area contributed by atoms with E-state index in [1.807, 2.05) is 30.3 Å². The number of hydrogen-bond acceptors (Lipinski definition) is 4. The fraction of sp³-hybridized carbons (Fsp3) is 0.154. The molecule has 5 rings (SSSR count). The second-order valence-corrected chi connectivity index (χ2v) is 10.3. The SMILES string of the molecule is O=C1N[C@@H](Cc2cn(S(=O)(=O)c3ccc(F)cc3)c3ccccc23)C(=O)N[C@H]1Cc1ccccc1. The number of rotatable bonds is 6. The average molecular weight is 492 g/mol. The Morgan fingerprint density at radius 3 is 2.06 bits per heavy atom. The van der Waals surface area contributed by atoms with Gasteiger partial charge in [0, 0.05) is 24.4 Å². The topological polar surface area (TPSA) is 97.3 Å². The highest BCUT2D eigenvalue weighted by atomic mass is 32.2. The van der Waals surface area contributed by atoms with E-state index >= 15 is 0 Å². The maximum absolute atomic E-state index is 13.3. The zero-order chi connectivity index (χ0) is 24.6. The van der Waals surface area contributed by atoms with Crippen molar-refractivity contribution in [3.63, 3.8) is 0 Å². The van der Waals surface area contributed by atoms with Gasteiger partial charge in [0.1, 0.15) is 17.9 Å². The Morgan fingerprint density at radius 1 is 0.771 bits per heavy atom. The number of carbonyl (C=O) groups excluding carboxylic acids is 2. The molecular formula is C26H22FN3O4S. The standard InChI is InChI=1S/C26H22FN3O4S/c27-19-10-12-20(13-11-19)35(33,34)30-16-18(21-8-4-5-9-24(21)30)15-23-26(32)28-22(25(31)29-23)14-17-6-2-1-3-7-17/h1-13,16,22-23H,14-15H2,(H,28,32)(H,29,31)/t22-,23-/m0/s1. The summed E-state index contributed by atoms with van der Waals surface area (Å²) in [6.07, 6.45) is 1.95. The number of aromatic nitrogens is 1. The van der Waals surface area contributed by atoms with E-state index in [0.29, 0.717) is 22.9 Å². The van der Waals surface area contributed by atoms with Gasteiger partial charge < -0.3 is 10.6 Å². The third kappa shape index (κ3) is 4.42. The van der Waals surface area contributed by atoms with Crippen molar-refractivity contribution in [2.45, 2.75) is 29.8 Å². The number of amides is 2. The van der Waals surface area contributed by atoms with Crippen LogP contribution in [0.5, 0.6) is 0 Å². The number of para-hydroxylation sites is 1. The minimum atomic E-state index is -4.01. The van der Waals surface area contributed by atoms with Crippen LogP contribution in [0.3, 0.4) is 0 Å². The number of nitrogens with zero attached hydrogens (tertiary/aromatic N) is 1. The van der Waals surface area contributed by atoms with E-state index in [-0.39, 0.29) is 23.1 Å². The molecule has 178 valence electrons. The molecule has 1 aromatic heterocycles. The van der Waals surface area contributed by atoms with Crippen LogP contribution in [0.25, 0.3) is 10.9 Å². The van der Waals surface area contributed by atoms with Gasteiger partial charge in [-0.2, -0.15) is 0 Å². The molecule has 1 saturated heterocycles. The highest BCUT2D eigenvalue weighted by Gasteiger charge is 2.34. The molecule has 2 N–H and O–H groups in total. The van der Waals surface area contributed by atoms with Crippen molar-refractivity contribution < 1.29 is 22.4 Å². The molecule has 7 nitrogen and oxygen atoms in total. The third-order valence-corrected chi connectivity index (χ3v) is 7.79. The van der Waals surface area contributed by atoms with Crippen molar-refractivity contribution >= 4 is 32.7 Å². The van der Waals surface area contributed by atoms with E-state index in [4.69, 9.17) is 0 Å². The van der Waals surface area contributed by atoms with Gasteiger partial charge in [-0.05, 0) is 41.5 Å². The molecule has 0 saturated carbocycles. The van der Waals surface area contributed by atoms with Crippen molar-refractivity contribution in [1.82, 2.24) is 14.6 Å². The maximum atomic E-state index is 13.3. The summed E-state index contributed by atoms with van der Waals surface area (Å²) in [6.45, 7) is 0. The van der Waals surface area contributed by atoms with E-state index in [0.717, 1.165) is 21.7 Å². The minimum Gasteiger partial charge on any atom is -0.342 e. The van der Waals surface area contributed by atoms with E-state index in [1.54, 1.807) is 24.3 Å². The lowest BCUT2D eigenvalue weighted by Crippen LogP contribution is -2.62. The molecule has 0 spiro atoms. The second-order valence-electron chi connectivity index (χ2n) is 8.44. The van der Waals surface area contributed by atoms with E-state index < -0.39 is 27.9 Å². The zero-order valence-electron chi connectivity index (χ0n) is 18.5. The fourth-order valence-corrected chi connectivity index (χ4v) is 5.72. The van der Waals surface area contributed by atoms with Crippen LogP contribution in [0.15, 0.2) is 90.0 Å². The van der Waals surface area contributed by atoms with Gasteiger partial charge in [0.25, 0.3) is 10.0 Å². The van der Waals surface area contributed by atoms with Gasteiger partial charge in [-0.3, -0.25) is 9.59 Å². The first kappa shape index (κ1) is 22.8. The van der Waals surface area contributed by atoms with Gasteiger partial charge in [0.15, 0.2) is 0 Å². The smallest absolute Gasteiger partial charge is 0.268 e. The molecule has 9 heteroatoms. The van der Waals surface area contributed by atoms with Gasteiger partial charge in [-0.1, -0.05) is 48.5 Å². The first-order valence-electron chi connectivity index (χ1n) is 11.1. The molecule has 0 bridgehead atoms. The number of nitrogens with one attached hydrogen (secondary N) is 2. The van der Waals surface area contributed by atoms with Gasteiger partial charge in [-0.15, -0.1) is 0 Å². The van der Waals surface area contributed by atoms with Crippen molar-refractivity contribution in [1.29, 1.82) is 0 Å². The molecule has 1 fully saturated rings. The Kier molecular flexibility index (Phi) is 5.86. The molecule has 4 aromatic rings. The number of piperazine rings is 1. The summed E-state index contributed by atoms with van der Waals surface area (Å²) in [6, 6.07) is 19.4. The summed E-state index contributed by atoms with van der Waals surface area (Å²) in [5.41, 5.74) is 1.95. The van der Waals surface area contributed by atoms with E-state index in [1.165, 1.54) is 18.3 Å². The van der Waals surface area contributed by atoms with Crippen LogP contribution in [0.4, 0.5) is 4.39 Å². The summed E-state index contributed by atoms with van der Waals surface area (Å²) >= 11 is 0. The van der Waals surface area contributed by atoms with Gasteiger partial charge in [-0.25, -0.2) is 16.8 Å². The summed E-state index contributed by atoms with van der Waals surface area (Å²) in [5, 5.41) is 6.22. The summed E-state index contributed by atoms with van der Waals surface area (Å²) in [4.78, 5) is 25.5. The molecule has 35 heavy (non-hydrogen) atoms. The van der Waals surface area contributed by atoms with Gasteiger partial charge in [0.05, 0.1) is 10.4 Å². The molecule has 2 heterocycles. The Hall–Kier alpha value is -3.98. The van der Waals surface area contributed by atoms with Gasteiger partial charge in [0.2, 0.25) is 11.8 Å². The Bertz CT molecular complexity index is 1520. The van der Waals surface area contributed by atoms with Crippen LogP contribution in [0, 0.1) is 5.82 Å². The monoisotopic (exact) mass is 491 g/mol. The van der Waals surface area contributed by atoms with Crippen LogP contribution < -0.4 is 10.6 Å². The molecule has 2 atom stereocenters. The third-order valence-electron chi connectivity index (χ3n) is 6.10. The number of hydrogen-bond donors (Lipinski definition) is 2. The Morgan fingerprint density at radius 2 is 1.37 bits per heavy atom. The molecule has 0 radical (unpaired) electrons. The molecule has 1 aliphatic rings. The maximum Gasteiger partial charge on any atom is 0.268 e. The minimum absolute atomic E-state index is 0.0568. The largest absolute Gasteiger partial charge is 0.342 e. The van der Waals surface area contributed by atoms with Crippen molar-refractivity contribution in [2.75, 3.05) is 0 Å². The van der Waals surface area contributed by atoms with Crippen molar-refractivity contribution in [3.05, 3.63) is 102 Å². The first-order valence-corrected chi connectivity index (χ1v) is 12.5. The Labute approximate surface area is 201 Å².